The van der Waals surface area contributed by atoms with Crippen molar-refractivity contribution in [2.45, 2.75) is 12.7 Å². The van der Waals surface area contributed by atoms with Gasteiger partial charge in [0.1, 0.15) is 5.82 Å². The number of benzene rings is 2. The second kappa shape index (κ2) is 7.45. The van der Waals surface area contributed by atoms with E-state index in [9.17, 15) is 22.4 Å². The number of hydrogen-bond acceptors (Lipinski definition) is 2. The Balaban J connectivity index is 1.63. The van der Waals surface area contributed by atoms with E-state index >= 15 is 0 Å². The Morgan fingerprint density at radius 1 is 0.923 bits per heavy atom. The molecule has 26 heavy (non-hydrogen) atoms. The number of carbonyl (C=O) groups is 1. The van der Waals surface area contributed by atoms with Gasteiger partial charge in [-0.15, -0.1) is 0 Å². The van der Waals surface area contributed by atoms with E-state index in [1.807, 2.05) is 0 Å². The lowest BCUT2D eigenvalue weighted by Gasteiger charge is -2.35. The van der Waals surface area contributed by atoms with Gasteiger partial charge in [-0.1, -0.05) is 24.3 Å². The molecule has 7 heteroatoms. The Morgan fingerprint density at radius 2 is 1.54 bits per heavy atom. The molecule has 0 aromatic heterocycles. The van der Waals surface area contributed by atoms with Crippen molar-refractivity contribution in [2.24, 2.45) is 0 Å². The standard InChI is InChI=1S/C19H18F4N2O/c20-15-7-5-14(6-8-15)13-24-9-11-25(12-10-24)18(26)16-3-1-2-4-17(16)19(21,22)23/h1-8H,9-13H2. The first-order valence-corrected chi connectivity index (χ1v) is 8.27. The van der Waals surface area contributed by atoms with Crippen LogP contribution in [0.4, 0.5) is 17.6 Å². The summed E-state index contributed by atoms with van der Waals surface area (Å²) >= 11 is 0. The molecule has 0 spiro atoms. The van der Waals surface area contributed by atoms with Crippen molar-refractivity contribution >= 4 is 5.91 Å². The van der Waals surface area contributed by atoms with E-state index in [1.165, 1.54) is 35.2 Å². The first kappa shape index (κ1) is 18.4. The van der Waals surface area contributed by atoms with Crippen molar-refractivity contribution in [1.29, 1.82) is 0 Å². The molecule has 3 nitrogen and oxygen atoms in total. The summed E-state index contributed by atoms with van der Waals surface area (Å²) in [6, 6.07) is 11.0. The predicted octanol–water partition coefficient (Wildman–Crippen LogP) is 3.80. The smallest absolute Gasteiger partial charge is 0.336 e. The Bertz CT molecular complexity index is 766. The largest absolute Gasteiger partial charge is 0.417 e. The highest BCUT2D eigenvalue weighted by atomic mass is 19.4. The molecule has 2 aromatic carbocycles. The predicted molar refractivity (Wildman–Crippen MR) is 89.0 cm³/mol. The number of hydrogen-bond donors (Lipinski definition) is 0. The van der Waals surface area contributed by atoms with E-state index in [4.69, 9.17) is 0 Å². The number of carbonyl (C=O) groups excluding carboxylic acids is 1. The summed E-state index contributed by atoms with van der Waals surface area (Å²) in [6.45, 7) is 2.43. The fourth-order valence-corrected chi connectivity index (χ4v) is 3.04. The molecule has 1 fully saturated rings. The lowest BCUT2D eigenvalue weighted by molar-refractivity contribution is -0.138. The van der Waals surface area contributed by atoms with Crippen molar-refractivity contribution < 1.29 is 22.4 Å². The molecular formula is C19H18F4N2O. The molecule has 1 saturated heterocycles. The van der Waals surface area contributed by atoms with Crippen LogP contribution in [0.5, 0.6) is 0 Å². The van der Waals surface area contributed by atoms with Gasteiger partial charge in [0, 0.05) is 32.7 Å². The highest BCUT2D eigenvalue weighted by Gasteiger charge is 2.36. The zero-order chi connectivity index (χ0) is 18.7. The van der Waals surface area contributed by atoms with Gasteiger partial charge >= 0.3 is 6.18 Å². The third-order valence-corrected chi connectivity index (χ3v) is 4.44. The number of amides is 1. The second-order valence-corrected chi connectivity index (χ2v) is 6.24. The maximum atomic E-state index is 13.1. The van der Waals surface area contributed by atoms with E-state index in [-0.39, 0.29) is 11.4 Å². The monoisotopic (exact) mass is 366 g/mol. The molecular weight excluding hydrogens is 348 g/mol. The zero-order valence-corrected chi connectivity index (χ0v) is 14.0. The summed E-state index contributed by atoms with van der Waals surface area (Å²) < 4.78 is 52.3. The van der Waals surface area contributed by atoms with Crippen molar-refractivity contribution in [1.82, 2.24) is 9.80 Å². The van der Waals surface area contributed by atoms with Crippen LogP contribution in [-0.2, 0) is 12.7 Å². The summed E-state index contributed by atoms with van der Waals surface area (Å²) in [5.74, 6) is -0.896. The molecule has 1 aliphatic rings. The third kappa shape index (κ3) is 4.22. The first-order chi connectivity index (χ1) is 12.3. The Labute approximate surface area is 148 Å². The lowest BCUT2D eigenvalue weighted by atomic mass is 10.1. The van der Waals surface area contributed by atoms with Gasteiger partial charge in [-0.3, -0.25) is 9.69 Å². The highest BCUT2D eigenvalue weighted by Crippen LogP contribution is 2.32. The summed E-state index contributed by atoms with van der Waals surface area (Å²) in [6.07, 6.45) is -4.56. The molecule has 0 N–H and O–H groups in total. The van der Waals surface area contributed by atoms with Crippen LogP contribution in [0.1, 0.15) is 21.5 Å². The Hall–Kier alpha value is -2.41. The molecule has 0 atom stereocenters. The van der Waals surface area contributed by atoms with Crippen LogP contribution < -0.4 is 0 Å². The van der Waals surface area contributed by atoms with Crippen LogP contribution in [0.15, 0.2) is 48.5 Å². The second-order valence-electron chi connectivity index (χ2n) is 6.24. The maximum Gasteiger partial charge on any atom is 0.417 e. The van der Waals surface area contributed by atoms with E-state index in [1.54, 1.807) is 12.1 Å². The van der Waals surface area contributed by atoms with Crippen LogP contribution in [0, 0.1) is 5.82 Å². The molecule has 3 rings (SSSR count). The molecule has 0 radical (unpaired) electrons. The van der Waals surface area contributed by atoms with Gasteiger partial charge in [0.2, 0.25) is 0 Å². The van der Waals surface area contributed by atoms with Crippen LogP contribution >= 0.6 is 0 Å². The van der Waals surface area contributed by atoms with Crippen molar-refractivity contribution in [3.8, 4) is 0 Å². The zero-order valence-electron chi connectivity index (χ0n) is 14.0. The van der Waals surface area contributed by atoms with Crippen molar-refractivity contribution in [3.63, 3.8) is 0 Å². The van der Waals surface area contributed by atoms with E-state index in [2.05, 4.69) is 4.90 Å². The quantitative estimate of drug-likeness (QED) is 0.772. The van der Waals surface area contributed by atoms with E-state index in [0.717, 1.165) is 11.6 Å². The Morgan fingerprint density at radius 3 is 2.15 bits per heavy atom. The van der Waals surface area contributed by atoms with Crippen LogP contribution in [0.2, 0.25) is 0 Å². The van der Waals surface area contributed by atoms with Crippen molar-refractivity contribution in [2.75, 3.05) is 26.2 Å². The van der Waals surface area contributed by atoms with Crippen LogP contribution in [0.3, 0.4) is 0 Å². The van der Waals surface area contributed by atoms with Gasteiger partial charge in [-0.25, -0.2) is 4.39 Å². The van der Waals surface area contributed by atoms with Gasteiger partial charge < -0.3 is 4.90 Å². The third-order valence-electron chi connectivity index (χ3n) is 4.44. The maximum absolute atomic E-state index is 13.1. The van der Waals surface area contributed by atoms with E-state index < -0.39 is 17.6 Å². The fraction of sp³-hybridized carbons (Fsp3) is 0.316. The highest BCUT2D eigenvalue weighted by molar-refractivity contribution is 5.96. The summed E-state index contributed by atoms with van der Waals surface area (Å²) in [5.41, 5.74) is -0.265. The topological polar surface area (TPSA) is 23.6 Å². The number of piperazine rings is 1. The Kier molecular flexibility index (Phi) is 5.27. The molecule has 0 unspecified atom stereocenters. The number of alkyl halides is 3. The molecule has 138 valence electrons. The number of rotatable bonds is 3. The van der Waals surface area contributed by atoms with Gasteiger partial charge in [0.25, 0.3) is 5.91 Å². The molecule has 1 heterocycles. The molecule has 2 aromatic rings. The number of nitrogens with zero attached hydrogens (tertiary/aromatic N) is 2. The molecule has 0 bridgehead atoms. The van der Waals surface area contributed by atoms with Gasteiger partial charge in [-0.2, -0.15) is 13.2 Å². The van der Waals surface area contributed by atoms with Crippen LogP contribution in [0.25, 0.3) is 0 Å². The van der Waals surface area contributed by atoms with Gasteiger partial charge in [-0.05, 0) is 29.8 Å². The molecule has 1 amide bonds. The summed E-state index contributed by atoms with van der Waals surface area (Å²) in [5, 5.41) is 0. The summed E-state index contributed by atoms with van der Waals surface area (Å²) in [7, 11) is 0. The minimum Gasteiger partial charge on any atom is -0.336 e. The molecule has 0 saturated carbocycles. The summed E-state index contributed by atoms with van der Waals surface area (Å²) in [4.78, 5) is 16.1. The first-order valence-electron chi connectivity index (χ1n) is 8.27. The normalized spacial score (nSPS) is 15.9. The minimum absolute atomic E-state index is 0.299. The average Bonchev–Trinajstić information content (AvgIpc) is 2.63. The average molecular weight is 366 g/mol. The number of halogens is 4. The van der Waals surface area contributed by atoms with Gasteiger partial charge in [0.15, 0.2) is 0 Å². The van der Waals surface area contributed by atoms with Crippen molar-refractivity contribution in [3.05, 3.63) is 71.0 Å². The minimum atomic E-state index is -4.56. The molecule has 1 aliphatic heterocycles. The van der Waals surface area contributed by atoms with Crippen LogP contribution in [-0.4, -0.2) is 41.9 Å². The fourth-order valence-electron chi connectivity index (χ4n) is 3.04. The van der Waals surface area contributed by atoms with E-state index in [0.29, 0.717) is 32.7 Å². The lowest BCUT2D eigenvalue weighted by Crippen LogP contribution is -2.48. The molecule has 0 aliphatic carbocycles. The SMILES string of the molecule is O=C(c1ccccc1C(F)(F)F)N1CCN(Cc2ccc(F)cc2)CC1. The van der Waals surface area contributed by atoms with Gasteiger partial charge in [0.05, 0.1) is 11.1 Å².